The van der Waals surface area contributed by atoms with Gasteiger partial charge in [-0.15, -0.1) is 0 Å². The topological polar surface area (TPSA) is 76.7 Å². The highest BCUT2D eigenvalue weighted by Gasteiger charge is 1.95. The van der Waals surface area contributed by atoms with Gasteiger partial charge in [-0.1, -0.05) is 22.5 Å². The average Bonchev–Trinajstić information content (AvgIpc) is 2.01. The molecule has 0 atom stereocenters. The van der Waals surface area contributed by atoms with E-state index in [0.717, 1.165) is 4.48 Å². The van der Waals surface area contributed by atoms with E-state index in [1.165, 1.54) is 6.33 Å². The van der Waals surface area contributed by atoms with Crippen LogP contribution in [0.25, 0.3) is 0 Å². The van der Waals surface area contributed by atoms with Crippen molar-refractivity contribution in [3.05, 3.63) is 17.4 Å². The molecule has 64 valence electrons. The van der Waals surface area contributed by atoms with Gasteiger partial charge in [0.2, 0.25) is 11.9 Å². The number of hydrogen-bond donors (Lipinski definition) is 2. The molecule has 0 aromatic carbocycles. The first-order chi connectivity index (χ1) is 5.68. The molecule has 6 heteroatoms. The van der Waals surface area contributed by atoms with Crippen molar-refractivity contribution < 1.29 is 0 Å². The number of anilines is 2. The fraction of sp³-hybridized carbons (Fsp3) is 0.167. The number of hydrogen-bond acceptors (Lipinski definition) is 5. The number of nitrogens with two attached hydrogens (primary N) is 1. The predicted molar refractivity (Wildman–Crippen MR) is 50.8 cm³/mol. The van der Waals surface area contributed by atoms with E-state index in [-0.39, 0.29) is 5.95 Å². The van der Waals surface area contributed by atoms with E-state index >= 15 is 0 Å². The molecule has 5 nitrogen and oxygen atoms in total. The van der Waals surface area contributed by atoms with Gasteiger partial charge >= 0.3 is 0 Å². The number of halogens is 1. The van der Waals surface area contributed by atoms with Crippen LogP contribution in [-0.4, -0.2) is 21.5 Å². The standard InChI is InChI=1S/C6H8BrN5/c1-4(7)2-9-6-11-3-10-5(8)12-6/h3H,1-2H2,(H3,8,9,10,11,12). The van der Waals surface area contributed by atoms with Crippen molar-refractivity contribution in [1.82, 2.24) is 15.0 Å². The second-order valence-electron chi connectivity index (χ2n) is 2.04. The zero-order valence-electron chi connectivity index (χ0n) is 6.29. The Bertz CT molecular complexity index is 287. The first-order valence-electron chi connectivity index (χ1n) is 3.20. The van der Waals surface area contributed by atoms with Gasteiger partial charge < -0.3 is 11.1 Å². The Morgan fingerprint density at radius 2 is 2.42 bits per heavy atom. The summed E-state index contributed by atoms with van der Waals surface area (Å²) in [6.45, 7) is 4.20. The molecule has 0 saturated carbocycles. The summed E-state index contributed by atoms with van der Waals surface area (Å²) in [5.74, 6) is 0.649. The fourth-order valence-electron chi connectivity index (χ4n) is 0.569. The SMILES string of the molecule is C=C(Br)CNc1ncnc(N)n1. The van der Waals surface area contributed by atoms with Crippen LogP contribution in [-0.2, 0) is 0 Å². The zero-order valence-corrected chi connectivity index (χ0v) is 7.87. The minimum atomic E-state index is 0.202. The molecule has 3 N–H and O–H groups in total. The van der Waals surface area contributed by atoms with Gasteiger partial charge in [-0.3, -0.25) is 0 Å². The molecule has 0 aliphatic heterocycles. The summed E-state index contributed by atoms with van der Waals surface area (Å²) in [5, 5.41) is 2.90. The van der Waals surface area contributed by atoms with Gasteiger partial charge in [0.05, 0.1) is 0 Å². The van der Waals surface area contributed by atoms with Crippen LogP contribution in [0.2, 0.25) is 0 Å². The highest BCUT2D eigenvalue weighted by Crippen LogP contribution is 2.02. The Hall–Kier alpha value is -1.17. The van der Waals surface area contributed by atoms with Crippen molar-refractivity contribution in [2.75, 3.05) is 17.6 Å². The Labute approximate surface area is 78.3 Å². The van der Waals surface area contributed by atoms with E-state index in [2.05, 4.69) is 42.8 Å². The Kier molecular flexibility index (Phi) is 2.98. The molecule has 1 rings (SSSR count). The van der Waals surface area contributed by atoms with E-state index in [0.29, 0.717) is 12.5 Å². The van der Waals surface area contributed by atoms with Crippen molar-refractivity contribution in [3.63, 3.8) is 0 Å². The van der Waals surface area contributed by atoms with Gasteiger partial charge in [0, 0.05) is 11.0 Å². The third kappa shape index (κ3) is 2.83. The number of rotatable bonds is 3. The van der Waals surface area contributed by atoms with Crippen LogP contribution in [0, 0.1) is 0 Å². The highest BCUT2D eigenvalue weighted by molar-refractivity contribution is 9.11. The quantitative estimate of drug-likeness (QED) is 0.802. The van der Waals surface area contributed by atoms with Gasteiger partial charge in [0.1, 0.15) is 6.33 Å². The summed E-state index contributed by atoms with van der Waals surface area (Å²) in [5.41, 5.74) is 5.33. The third-order valence-corrected chi connectivity index (χ3v) is 1.31. The van der Waals surface area contributed by atoms with E-state index in [9.17, 15) is 0 Å². The summed E-state index contributed by atoms with van der Waals surface area (Å²) in [6.07, 6.45) is 1.35. The molecule has 1 heterocycles. The minimum Gasteiger partial charge on any atom is -0.368 e. The predicted octanol–water partition coefficient (Wildman–Crippen LogP) is 0.774. The van der Waals surface area contributed by atoms with Crippen LogP contribution >= 0.6 is 15.9 Å². The first kappa shape index (κ1) is 8.92. The molecule has 0 fully saturated rings. The van der Waals surface area contributed by atoms with Crippen LogP contribution in [0.5, 0.6) is 0 Å². The van der Waals surface area contributed by atoms with E-state index < -0.39 is 0 Å². The van der Waals surface area contributed by atoms with Gasteiger partial charge in [-0.2, -0.15) is 4.98 Å². The molecular formula is C6H8BrN5. The minimum absolute atomic E-state index is 0.202. The summed E-state index contributed by atoms with van der Waals surface area (Å²) >= 11 is 3.19. The maximum Gasteiger partial charge on any atom is 0.227 e. The van der Waals surface area contributed by atoms with Crippen LogP contribution in [0.1, 0.15) is 0 Å². The van der Waals surface area contributed by atoms with Crippen molar-refractivity contribution >= 4 is 27.8 Å². The van der Waals surface area contributed by atoms with Crippen LogP contribution in [0.15, 0.2) is 17.4 Å². The van der Waals surface area contributed by atoms with E-state index in [4.69, 9.17) is 5.73 Å². The van der Waals surface area contributed by atoms with Crippen molar-refractivity contribution in [1.29, 1.82) is 0 Å². The molecule has 0 amide bonds. The molecule has 0 radical (unpaired) electrons. The smallest absolute Gasteiger partial charge is 0.227 e. The molecule has 0 aliphatic carbocycles. The van der Waals surface area contributed by atoms with Gasteiger partial charge in [-0.05, 0) is 0 Å². The molecule has 0 spiro atoms. The number of nitrogens with zero attached hydrogens (tertiary/aromatic N) is 3. The van der Waals surface area contributed by atoms with Crippen LogP contribution in [0.3, 0.4) is 0 Å². The molecule has 0 saturated heterocycles. The molecule has 12 heavy (non-hydrogen) atoms. The Balaban J connectivity index is 2.57. The monoisotopic (exact) mass is 229 g/mol. The molecule has 0 bridgehead atoms. The number of nitrogens with one attached hydrogen (secondary N) is 1. The molecule has 0 aliphatic rings. The number of nitrogen functional groups attached to an aromatic ring is 1. The molecule has 1 aromatic rings. The highest BCUT2D eigenvalue weighted by atomic mass is 79.9. The van der Waals surface area contributed by atoms with Crippen molar-refractivity contribution in [2.24, 2.45) is 0 Å². The fourth-order valence-corrected chi connectivity index (χ4v) is 0.709. The molecule has 0 unspecified atom stereocenters. The lowest BCUT2D eigenvalue weighted by molar-refractivity contribution is 1.04. The summed E-state index contributed by atoms with van der Waals surface area (Å²) in [4.78, 5) is 11.3. The zero-order chi connectivity index (χ0) is 8.97. The maximum atomic E-state index is 5.33. The van der Waals surface area contributed by atoms with Gasteiger partial charge in [0.25, 0.3) is 0 Å². The summed E-state index contributed by atoms with van der Waals surface area (Å²) in [6, 6.07) is 0. The van der Waals surface area contributed by atoms with E-state index in [1.54, 1.807) is 0 Å². The largest absolute Gasteiger partial charge is 0.368 e. The van der Waals surface area contributed by atoms with Gasteiger partial charge in [-0.25, -0.2) is 9.97 Å². The second kappa shape index (κ2) is 4.01. The lowest BCUT2D eigenvalue weighted by Crippen LogP contribution is -2.06. The molecular weight excluding hydrogens is 222 g/mol. The Morgan fingerprint density at radius 3 is 3.00 bits per heavy atom. The van der Waals surface area contributed by atoms with Crippen molar-refractivity contribution in [2.45, 2.75) is 0 Å². The molecule has 1 aromatic heterocycles. The van der Waals surface area contributed by atoms with E-state index in [1.807, 2.05) is 0 Å². The summed E-state index contributed by atoms with van der Waals surface area (Å²) < 4.78 is 0.821. The maximum absolute atomic E-state index is 5.33. The average molecular weight is 230 g/mol. The van der Waals surface area contributed by atoms with Crippen LogP contribution < -0.4 is 11.1 Å². The normalized spacial score (nSPS) is 9.42. The van der Waals surface area contributed by atoms with Gasteiger partial charge in [0.15, 0.2) is 0 Å². The van der Waals surface area contributed by atoms with Crippen LogP contribution in [0.4, 0.5) is 11.9 Å². The second-order valence-corrected chi connectivity index (χ2v) is 3.16. The number of aromatic nitrogens is 3. The summed E-state index contributed by atoms with van der Waals surface area (Å²) in [7, 11) is 0. The Morgan fingerprint density at radius 1 is 1.67 bits per heavy atom. The first-order valence-corrected chi connectivity index (χ1v) is 3.99. The lowest BCUT2D eigenvalue weighted by Gasteiger charge is -2.01. The van der Waals surface area contributed by atoms with Crippen molar-refractivity contribution in [3.8, 4) is 0 Å². The third-order valence-electron chi connectivity index (χ3n) is 1.03. The lowest BCUT2D eigenvalue weighted by atomic mass is 10.6.